The van der Waals surface area contributed by atoms with Crippen LogP contribution in [0.3, 0.4) is 0 Å². The number of nitrogens with one attached hydrogen (secondary N) is 3. The number of aromatic nitrogens is 3. The molecule has 1 aliphatic heterocycles. The number of ether oxygens (including phenoxy) is 1. The van der Waals surface area contributed by atoms with E-state index < -0.39 is 6.09 Å². The number of amides is 1. The van der Waals surface area contributed by atoms with Gasteiger partial charge >= 0.3 is 6.09 Å². The fourth-order valence-electron chi connectivity index (χ4n) is 4.05. The van der Waals surface area contributed by atoms with E-state index in [1.807, 2.05) is 61.7 Å². The van der Waals surface area contributed by atoms with Crippen LogP contribution in [0.15, 0.2) is 60.9 Å². The first kappa shape index (κ1) is 21.6. The molecule has 2 aromatic heterocycles. The molecule has 34 heavy (non-hydrogen) atoms. The Balaban J connectivity index is 1.23. The van der Waals surface area contributed by atoms with E-state index in [0.29, 0.717) is 31.9 Å². The SMILES string of the molecule is Cc1cnc(Nc2ccc(OC3CCN(C(=O)O)CC3)cc2)nc1Nc1cccc2[nH]ccc12. The Kier molecular flexibility index (Phi) is 5.90. The van der Waals surface area contributed by atoms with Gasteiger partial charge in [-0.3, -0.25) is 0 Å². The van der Waals surface area contributed by atoms with Crippen LogP contribution in [-0.2, 0) is 0 Å². The molecule has 0 unspecified atom stereocenters. The second kappa shape index (κ2) is 9.30. The van der Waals surface area contributed by atoms with Gasteiger partial charge in [-0.1, -0.05) is 6.07 Å². The van der Waals surface area contributed by atoms with Gasteiger partial charge in [-0.15, -0.1) is 0 Å². The van der Waals surface area contributed by atoms with Crippen molar-refractivity contribution in [2.24, 2.45) is 0 Å². The Labute approximate surface area is 196 Å². The van der Waals surface area contributed by atoms with E-state index in [2.05, 4.69) is 25.6 Å². The standard InChI is InChI=1S/C25H26N6O3/c1-16-15-27-24(30-23(16)29-22-4-2-3-21-20(22)9-12-26-21)28-17-5-7-18(8-6-17)34-19-10-13-31(14-11-19)25(32)33/h2-9,12,15,19,26H,10-11,13-14H2,1H3,(H,32,33)(H2,27,28,29,30). The van der Waals surface area contributed by atoms with E-state index in [9.17, 15) is 4.79 Å². The fraction of sp³-hybridized carbons (Fsp3) is 0.240. The molecular weight excluding hydrogens is 432 g/mol. The molecule has 2 aromatic carbocycles. The lowest BCUT2D eigenvalue weighted by atomic mass is 10.1. The number of piperidine rings is 1. The van der Waals surface area contributed by atoms with E-state index in [1.165, 1.54) is 4.90 Å². The number of fused-ring (bicyclic) bond motifs is 1. The highest BCUT2D eigenvalue weighted by molar-refractivity contribution is 5.93. The molecule has 9 nitrogen and oxygen atoms in total. The summed E-state index contributed by atoms with van der Waals surface area (Å²) in [5, 5.41) is 16.8. The number of rotatable bonds is 6. The van der Waals surface area contributed by atoms with Crippen LogP contribution in [0, 0.1) is 6.92 Å². The highest BCUT2D eigenvalue weighted by Gasteiger charge is 2.23. The van der Waals surface area contributed by atoms with E-state index in [-0.39, 0.29) is 6.10 Å². The number of likely N-dealkylation sites (tertiary alicyclic amines) is 1. The molecule has 174 valence electrons. The van der Waals surface area contributed by atoms with Gasteiger partial charge in [0.2, 0.25) is 5.95 Å². The lowest BCUT2D eigenvalue weighted by molar-refractivity contribution is 0.0895. The van der Waals surface area contributed by atoms with Crippen LogP contribution in [0.5, 0.6) is 5.75 Å². The number of carbonyl (C=O) groups is 1. The molecule has 1 amide bonds. The third kappa shape index (κ3) is 4.73. The van der Waals surface area contributed by atoms with E-state index >= 15 is 0 Å². The lowest BCUT2D eigenvalue weighted by Gasteiger charge is -2.30. The minimum absolute atomic E-state index is 0.0213. The smallest absolute Gasteiger partial charge is 0.407 e. The van der Waals surface area contributed by atoms with Crippen molar-refractivity contribution in [2.45, 2.75) is 25.9 Å². The normalized spacial score (nSPS) is 14.2. The summed E-state index contributed by atoms with van der Waals surface area (Å²) in [6, 6.07) is 15.7. The van der Waals surface area contributed by atoms with Crippen LogP contribution in [-0.4, -0.2) is 50.2 Å². The minimum atomic E-state index is -0.868. The number of anilines is 4. The predicted octanol–water partition coefficient (Wildman–Crippen LogP) is 5.27. The van der Waals surface area contributed by atoms with Crippen LogP contribution in [0.4, 0.5) is 27.9 Å². The molecule has 5 rings (SSSR count). The Bertz CT molecular complexity index is 1300. The number of H-pyrrole nitrogens is 1. The number of nitrogens with zero attached hydrogens (tertiary/aromatic N) is 3. The number of carboxylic acid groups (broad SMARTS) is 1. The van der Waals surface area contributed by atoms with Crippen LogP contribution in [0.2, 0.25) is 0 Å². The molecule has 9 heteroatoms. The first-order chi connectivity index (χ1) is 16.5. The van der Waals surface area contributed by atoms with Gasteiger partial charge in [-0.2, -0.15) is 4.98 Å². The van der Waals surface area contributed by atoms with Gasteiger partial charge in [0.05, 0.1) is 0 Å². The van der Waals surface area contributed by atoms with Gasteiger partial charge in [0.15, 0.2) is 0 Å². The fourth-order valence-corrected chi connectivity index (χ4v) is 4.05. The third-order valence-electron chi connectivity index (χ3n) is 5.95. The van der Waals surface area contributed by atoms with E-state index in [4.69, 9.17) is 9.84 Å². The van der Waals surface area contributed by atoms with Crippen molar-refractivity contribution in [2.75, 3.05) is 23.7 Å². The van der Waals surface area contributed by atoms with Crippen molar-refractivity contribution in [1.29, 1.82) is 0 Å². The molecule has 1 saturated heterocycles. The first-order valence-electron chi connectivity index (χ1n) is 11.2. The Hall–Kier alpha value is -4.27. The van der Waals surface area contributed by atoms with Gasteiger partial charge in [-0.05, 0) is 49.4 Å². The van der Waals surface area contributed by atoms with Crippen molar-refractivity contribution in [1.82, 2.24) is 19.9 Å². The number of hydrogen-bond donors (Lipinski definition) is 4. The van der Waals surface area contributed by atoms with Gasteiger partial charge in [0.25, 0.3) is 0 Å². The Morgan fingerprint density at radius 1 is 1.12 bits per heavy atom. The second-order valence-corrected chi connectivity index (χ2v) is 8.33. The maximum atomic E-state index is 11.0. The van der Waals surface area contributed by atoms with Crippen molar-refractivity contribution < 1.29 is 14.6 Å². The maximum absolute atomic E-state index is 11.0. The molecule has 0 atom stereocenters. The number of benzene rings is 2. The van der Waals surface area contributed by atoms with Gasteiger partial charge in [0, 0.05) is 66.2 Å². The largest absolute Gasteiger partial charge is 0.490 e. The Morgan fingerprint density at radius 2 is 1.91 bits per heavy atom. The molecule has 1 fully saturated rings. The lowest BCUT2D eigenvalue weighted by Crippen LogP contribution is -2.41. The summed E-state index contributed by atoms with van der Waals surface area (Å²) in [6.07, 6.45) is 4.24. The molecule has 0 aliphatic carbocycles. The van der Waals surface area contributed by atoms with Gasteiger partial charge in [-0.25, -0.2) is 9.78 Å². The topological polar surface area (TPSA) is 115 Å². The van der Waals surface area contributed by atoms with E-state index in [0.717, 1.165) is 39.4 Å². The van der Waals surface area contributed by atoms with Crippen molar-refractivity contribution in [3.8, 4) is 5.75 Å². The van der Waals surface area contributed by atoms with Crippen LogP contribution < -0.4 is 15.4 Å². The number of hydrogen-bond acceptors (Lipinski definition) is 6. The third-order valence-corrected chi connectivity index (χ3v) is 5.95. The first-order valence-corrected chi connectivity index (χ1v) is 11.2. The predicted molar refractivity (Wildman–Crippen MR) is 131 cm³/mol. The Morgan fingerprint density at radius 3 is 2.68 bits per heavy atom. The minimum Gasteiger partial charge on any atom is -0.490 e. The molecule has 0 radical (unpaired) electrons. The van der Waals surface area contributed by atoms with Gasteiger partial charge < -0.3 is 30.4 Å². The van der Waals surface area contributed by atoms with Crippen LogP contribution in [0.1, 0.15) is 18.4 Å². The molecule has 0 saturated carbocycles. The maximum Gasteiger partial charge on any atom is 0.407 e. The quantitative estimate of drug-likeness (QED) is 0.311. The van der Waals surface area contributed by atoms with Crippen molar-refractivity contribution >= 4 is 40.1 Å². The summed E-state index contributed by atoms with van der Waals surface area (Å²) >= 11 is 0. The summed E-state index contributed by atoms with van der Waals surface area (Å²) in [4.78, 5) is 24.8. The average molecular weight is 459 g/mol. The zero-order valence-corrected chi connectivity index (χ0v) is 18.8. The zero-order valence-electron chi connectivity index (χ0n) is 18.8. The summed E-state index contributed by atoms with van der Waals surface area (Å²) in [7, 11) is 0. The molecule has 1 aliphatic rings. The monoisotopic (exact) mass is 458 g/mol. The van der Waals surface area contributed by atoms with Crippen LogP contribution in [0.25, 0.3) is 10.9 Å². The summed E-state index contributed by atoms with van der Waals surface area (Å²) in [5.74, 6) is 1.98. The van der Waals surface area contributed by atoms with Gasteiger partial charge in [0.1, 0.15) is 17.7 Å². The molecule has 0 spiro atoms. The number of aromatic amines is 1. The summed E-state index contributed by atoms with van der Waals surface area (Å²) in [6.45, 7) is 2.97. The highest BCUT2D eigenvalue weighted by Crippen LogP contribution is 2.27. The summed E-state index contributed by atoms with van der Waals surface area (Å²) in [5.41, 5.74) is 3.82. The highest BCUT2D eigenvalue weighted by atomic mass is 16.5. The molecule has 4 aromatic rings. The summed E-state index contributed by atoms with van der Waals surface area (Å²) < 4.78 is 6.03. The molecular formula is C25H26N6O3. The molecule has 0 bridgehead atoms. The second-order valence-electron chi connectivity index (χ2n) is 8.33. The molecule has 4 N–H and O–H groups in total. The molecule has 3 heterocycles. The average Bonchev–Trinajstić information content (AvgIpc) is 3.33. The number of aryl methyl sites for hydroxylation is 1. The van der Waals surface area contributed by atoms with E-state index in [1.54, 1.807) is 6.20 Å². The zero-order chi connectivity index (χ0) is 23.5. The van der Waals surface area contributed by atoms with Crippen LogP contribution >= 0.6 is 0 Å². The van der Waals surface area contributed by atoms with Crippen molar-refractivity contribution in [3.63, 3.8) is 0 Å². The van der Waals surface area contributed by atoms with Crippen molar-refractivity contribution in [3.05, 3.63) is 66.5 Å².